The Kier molecular flexibility index (Phi) is 69.3. The van der Waals surface area contributed by atoms with Crippen LogP contribution in [0.4, 0.5) is 0 Å². The summed E-state index contributed by atoms with van der Waals surface area (Å²) in [7, 11) is 0. The van der Waals surface area contributed by atoms with Crippen LogP contribution in [0.1, 0.15) is 0 Å². The number of hydrogen-bond donors (Lipinski definition) is 1. The fourth-order valence-corrected chi connectivity index (χ4v) is 1.96. The van der Waals surface area contributed by atoms with Gasteiger partial charge in [0.15, 0.2) is 0 Å². The van der Waals surface area contributed by atoms with Gasteiger partial charge in [0, 0.05) is 454 Å². The predicted octanol–water partition coefficient (Wildman–Crippen LogP) is 20.1. The molecule has 0 spiro atoms. The second-order valence-electron chi connectivity index (χ2n) is 9.44. The van der Waals surface area contributed by atoms with E-state index in [0.29, 0.717) is 0 Å². The zero-order valence-electron chi connectivity index (χ0n) is 48.0. The summed E-state index contributed by atoms with van der Waals surface area (Å²) in [5, 5.41) is 312. The molecule has 0 aromatic carbocycles. The molecule has 0 radical (unpaired) electrons. The Hall–Kier alpha value is -20.4. The van der Waals surface area contributed by atoms with Crippen molar-refractivity contribution in [1.29, 1.82) is 5.53 Å². The van der Waals surface area contributed by atoms with E-state index >= 15 is 0 Å². The standard InChI is InChI=1S/CH2IN105/c2-1-4-6-8-10-12-14-16-18-20-22-24-26-28-30-32-34-36-38-40-42-44-46-48-50-52-54-56-58-60-62-64-66-68-70-72-74-76-78-80-82-84-86-88-90-92-94-96-98-100-102-104-106-107-105-103-101-99-97-95-93-91-89-87-85-83-81-79-77-75-73-71-69-67-65-63-61-59-57-55-53-51-49-47-45-43-41-39-37-35-33-31-29-27-25-23-21-19-17-15-13-11-9-7-5-3/h1,3H. The minimum Gasteiger partial charge on any atom is -0.183 e. The third-order valence-electron chi connectivity index (χ3n) is 4.18. The first kappa shape index (κ1) is 86.6. The van der Waals surface area contributed by atoms with Crippen LogP contribution in [0.5, 0.6) is 0 Å². The summed E-state index contributed by atoms with van der Waals surface area (Å²) in [6.07, 6.45) is 0. The topological polar surface area (TPSA) is 1310 Å². The number of halogens is 1. The average molecular weight is 1610 g/mol. The smallest absolute Gasteiger partial charge is 0.0897 e. The summed E-state index contributed by atoms with van der Waals surface area (Å²) in [6, 6.07) is 0. The van der Waals surface area contributed by atoms with Crippen molar-refractivity contribution >= 4 is 26.8 Å². The van der Waals surface area contributed by atoms with Gasteiger partial charge in [-0.15, -0.1) is 5.10 Å². The molecule has 0 aromatic rings. The van der Waals surface area contributed by atoms with Gasteiger partial charge in [-0.3, -0.25) is 0 Å². The monoisotopic (exact) mass is 1610 g/mol. The highest BCUT2D eigenvalue weighted by atomic mass is 127. The van der Waals surface area contributed by atoms with Gasteiger partial charge in [-0.1, -0.05) is 0 Å². The molecule has 0 aromatic heterocycles. The van der Waals surface area contributed by atoms with Gasteiger partial charge in [-0.2, -0.15) is 5.53 Å². The van der Waals surface area contributed by atoms with Gasteiger partial charge in [0.2, 0.25) is 0 Å². The van der Waals surface area contributed by atoms with Crippen LogP contribution in [0.2, 0.25) is 0 Å². The van der Waals surface area contributed by atoms with Crippen LogP contribution in [-0.2, 0) is 0 Å². The van der Waals surface area contributed by atoms with E-state index in [0.717, 1.165) is 0 Å². The zero-order chi connectivity index (χ0) is 76.2. The molecule has 0 unspecified atom stereocenters. The molecule has 105 nitrogen and oxygen atoms in total. The van der Waals surface area contributed by atoms with E-state index in [1.165, 1.54) is 4.22 Å². The lowest BCUT2D eigenvalue weighted by molar-refractivity contribution is 0.723. The van der Waals surface area contributed by atoms with Crippen LogP contribution < -0.4 is 0 Å². The number of rotatable bonds is 52. The molecule has 538 valence electrons. The Balaban J connectivity index is 4.12. The van der Waals surface area contributed by atoms with E-state index < -0.39 is 0 Å². The fraction of sp³-hybridized carbons (Fsp3) is 0. The maximum atomic E-state index is 6.27. The SMILES string of the molecule is N=NN=NN=NN=NN=NN=NN=NN=NN=NN=NN=NN=NN=NN=NN=NN=NN=NN=NN=NN=NN=NN=NN=NN=NN=NN=NN=NN=NN=NN=NN=NN=NN=NN=NN=NN=NN=NN=NN=NN=NN=NN=NN=NN=NN=NN=NN=NN=NN=NN=NN=NN=NN=CI. The first-order chi connectivity index (χ1) is 53.4. The lowest BCUT2D eigenvalue weighted by atomic mass is 11.7. The molecule has 106 heteroatoms. The summed E-state index contributed by atoms with van der Waals surface area (Å²) in [5.74, 6) is 0. The van der Waals surface area contributed by atoms with Gasteiger partial charge in [0.05, 0.1) is 4.22 Å². The number of nitrogens with zero attached hydrogens (tertiary/aromatic N) is 104. The van der Waals surface area contributed by atoms with Crippen molar-refractivity contribution in [2.75, 3.05) is 0 Å². The van der Waals surface area contributed by atoms with Gasteiger partial charge in [0.25, 0.3) is 0 Å². The van der Waals surface area contributed by atoms with E-state index in [9.17, 15) is 0 Å². The first-order valence-corrected chi connectivity index (χ1v) is 22.5. The summed E-state index contributed by atoms with van der Waals surface area (Å²) in [6.45, 7) is 0. The molecule has 0 atom stereocenters. The van der Waals surface area contributed by atoms with E-state index in [-0.39, 0.29) is 0 Å². The molecule has 0 saturated carbocycles. The third kappa shape index (κ3) is 85.6. The Morgan fingerprint density at radius 3 is 0.206 bits per heavy atom. The van der Waals surface area contributed by atoms with Crippen molar-refractivity contribution in [3.63, 3.8) is 0 Å². The van der Waals surface area contributed by atoms with Crippen LogP contribution in [-0.4, -0.2) is 4.22 Å². The van der Waals surface area contributed by atoms with Crippen LogP contribution in [0.25, 0.3) is 0 Å². The Morgan fingerprint density at radius 2 is 0.150 bits per heavy atom. The van der Waals surface area contributed by atoms with Crippen LogP contribution >= 0.6 is 22.6 Å². The third-order valence-corrected chi connectivity index (χ3v) is 4.43. The van der Waals surface area contributed by atoms with Crippen LogP contribution in [0.3, 0.4) is 0 Å². The molecule has 0 aliphatic rings. The molecule has 0 aliphatic heterocycles. The van der Waals surface area contributed by atoms with E-state index in [1.54, 1.807) is 0 Å². The van der Waals surface area contributed by atoms with Gasteiger partial charge < -0.3 is 0 Å². The van der Waals surface area contributed by atoms with Crippen LogP contribution in [0, 0.1) is 5.53 Å². The Bertz CT molecular complexity index is 3990. The van der Waals surface area contributed by atoms with Gasteiger partial charge in [-0.05, 0) is 106 Å². The summed E-state index contributed by atoms with van der Waals surface area (Å²) >= 11 is 1.81. The molecule has 0 saturated heterocycles. The molecule has 0 bridgehead atoms. The average Bonchev–Trinajstić information content (AvgIpc) is 3.82. The second kappa shape index (κ2) is 85.6. The second-order valence-corrected chi connectivity index (χ2v) is 9.99. The lowest BCUT2D eigenvalue weighted by Gasteiger charge is -1.71. The van der Waals surface area contributed by atoms with Crippen molar-refractivity contribution in [2.24, 2.45) is 543 Å². The molecule has 1 N–H and O–H groups in total. The summed E-state index contributed by atoms with van der Waals surface area (Å²) in [4.78, 5) is 0. The van der Waals surface area contributed by atoms with Crippen molar-refractivity contribution in [3.8, 4) is 0 Å². The molecule has 0 rings (SSSR count). The Morgan fingerprint density at radius 1 is 0.0935 bits per heavy atom. The normalized spacial score (nSPS) is 15.7. The number of hydrogen-bond acceptors (Lipinski definition) is 2. The van der Waals surface area contributed by atoms with E-state index in [2.05, 4.69) is 543 Å². The maximum Gasteiger partial charge on any atom is 0.0897 e. The highest BCUT2D eigenvalue weighted by Crippen LogP contribution is 1.99. The highest BCUT2D eigenvalue weighted by Gasteiger charge is 1.81. The van der Waals surface area contributed by atoms with Gasteiger partial charge in [0.1, 0.15) is 0 Å². The Labute approximate surface area is 574 Å². The zero-order valence-corrected chi connectivity index (χ0v) is 50.1. The summed E-state index contributed by atoms with van der Waals surface area (Å²) in [5.41, 5.74) is 6.27. The number of nitrogens with one attached hydrogen (secondary N) is 1. The molecule has 107 heavy (non-hydrogen) atoms. The predicted molar refractivity (Wildman–Crippen MR) is 275 cm³/mol. The van der Waals surface area contributed by atoms with Gasteiger partial charge in [-0.25, -0.2) is 0 Å². The molecule has 0 aliphatic carbocycles. The maximum absolute atomic E-state index is 6.27. The lowest BCUT2D eigenvalue weighted by Crippen LogP contribution is -1.52. The van der Waals surface area contributed by atoms with E-state index in [4.69, 9.17) is 5.53 Å². The molecular formula is CH2IN105. The minimum atomic E-state index is 1.33. The molecule has 0 heterocycles. The quantitative estimate of drug-likeness (QED) is 0.0257. The van der Waals surface area contributed by atoms with Crippen molar-refractivity contribution < 1.29 is 0 Å². The van der Waals surface area contributed by atoms with Crippen molar-refractivity contribution in [3.05, 3.63) is 0 Å². The van der Waals surface area contributed by atoms with Gasteiger partial charge >= 0.3 is 0 Å². The largest absolute Gasteiger partial charge is 0.183 e. The van der Waals surface area contributed by atoms with Crippen molar-refractivity contribution in [2.45, 2.75) is 0 Å². The first-order valence-electron chi connectivity index (χ1n) is 21.3. The molecule has 0 fully saturated rings. The van der Waals surface area contributed by atoms with E-state index in [1.807, 2.05) is 22.6 Å². The summed E-state index contributed by atoms with van der Waals surface area (Å²) < 4.78 is 1.33. The van der Waals surface area contributed by atoms with Crippen LogP contribution in [0.15, 0.2) is 543 Å². The molecule has 0 amide bonds. The highest BCUT2D eigenvalue weighted by molar-refractivity contribution is 14.1. The van der Waals surface area contributed by atoms with Crippen molar-refractivity contribution in [1.82, 2.24) is 0 Å². The fourth-order valence-electron chi connectivity index (χ4n) is 1.85. The minimum absolute atomic E-state index is 1.33. The molecular weight excluding hydrogens is 1610 g/mol.